The lowest BCUT2D eigenvalue weighted by Gasteiger charge is -2.12. The molecule has 1 aliphatic rings. The molecule has 0 spiro atoms. The molecule has 1 fully saturated rings. The Kier molecular flexibility index (Phi) is 4.00. The molecule has 6 nitrogen and oxygen atoms in total. The van der Waals surface area contributed by atoms with Crippen molar-refractivity contribution in [3.05, 3.63) is 52.9 Å². The number of amides is 1. The van der Waals surface area contributed by atoms with E-state index in [0.717, 1.165) is 12.0 Å². The van der Waals surface area contributed by atoms with Crippen LogP contribution in [0.2, 0.25) is 0 Å². The van der Waals surface area contributed by atoms with Gasteiger partial charge in [-0.2, -0.15) is 16.3 Å². The second kappa shape index (κ2) is 6.45. The molecule has 0 bridgehead atoms. The van der Waals surface area contributed by atoms with Crippen LogP contribution in [0.5, 0.6) is 0 Å². The van der Waals surface area contributed by atoms with Crippen LogP contribution in [-0.4, -0.2) is 34.0 Å². The van der Waals surface area contributed by atoms with Gasteiger partial charge in [0.2, 0.25) is 5.91 Å². The van der Waals surface area contributed by atoms with Crippen LogP contribution >= 0.6 is 11.3 Å². The van der Waals surface area contributed by atoms with Gasteiger partial charge in [0, 0.05) is 30.5 Å². The predicted octanol–water partition coefficient (Wildman–Crippen LogP) is 3.42. The van der Waals surface area contributed by atoms with E-state index in [1.807, 2.05) is 22.9 Å². The third-order valence-electron chi connectivity index (χ3n) is 4.01. The summed E-state index contributed by atoms with van der Waals surface area (Å²) in [5, 5.41) is 8.03. The van der Waals surface area contributed by atoms with E-state index < -0.39 is 0 Å². The highest BCUT2D eigenvalue weighted by Crippen LogP contribution is 2.28. The Morgan fingerprint density at radius 2 is 2.38 bits per heavy atom. The van der Waals surface area contributed by atoms with Gasteiger partial charge in [-0.15, -0.1) is 0 Å². The molecular formula is C17H15N3O3S. The van der Waals surface area contributed by atoms with Crippen LogP contribution in [0.1, 0.15) is 23.9 Å². The van der Waals surface area contributed by atoms with Gasteiger partial charge >= 0.3 is 0 Å². The monoisotopic (exact) mass is 341 g/mol. The number of thiophene rings is 1. The minimum atomic E-state index is -0.0320. The minimum absolute atomic E-state index is 0.0320. The topological polar surface area (TPSA) is 72.4 Å². The van der Waals surface area contributed by atoms with E-state index in [4.69, 9.17) is 8.94 Å². The molecule has 0 saturated carbocycles. The molecule has 4 heterocycles. The van der Waals surface area contributed by atoms with Gasteiger partial charge in [0.25, 0.3) is 5.89 Å². The first-order valence-corrected chi connectivity index (χ1v) is 8.60. The van der Waals surface area contributed by atoms with E-state index in [-0.39, 0.29) is 11.8 Å². The Morgan fingerprint density at radius 1 is 1.42 bits per heavy atom. The molecule has 4 rings (SSSR count). The molecular weight excluding hydrogens is 326 g/mol. The summed E-state index contributed by atoms with van der Waals surface area (Å²) in [5.74, 6) is 1.95. The van der Waals surface area contributed by atoms with Crippen molar-refractivity contribution in [2.75, 3.05) is 13.1 Å². The maximum atomic E-state index is 12.2. The zero-order valence-corrected chi connectivity index (χ0v) is 13.6. The summed E-state index contributed by atoms with van der Waals surface area (Å²) in [6.07, 6.45) is 5.63. The van der Waals surface area contributed by atoms with Gasteiger partial charge in [0.1, 0.15) is 5.76 Å². The van der Waals surface area contributed by atoms with Gasteiger partial charge in [-0.25, -0.2) is 0 Å². The molecule has 1 amide bonds. The van der Waals surface area contributed by atoms with Crippen molar-refractivity contribution in [2.45, 2.75) is 12.3 Å². The number of furan rings is 1. The molecule has 1 saturated heterocycles. The molecule has 24 heavy (non-hydrogen) atoms. The molecule has 0 aromatic carbocycles. The fraction of sp³-hybridized carbons (Fsp3) is 0.235. The van der Waals surface area contributed by atoms with E-state index in [1.54, 1.807) is 34.6 Å². The molecule has 122 valence electrons. The van der Waals surface area contributed by atoms with Gasteiger partial charge in [0.15, 0.2) is 5.82 Å². The van der Waals surface area contributed by atoms with Gasteiger partial charge < -0.3 is 13.8 Å². The number of carbonyl (C=O) groups excluding carboxylic acids is 1. The van der Waals surface area contributed by atoms with E-state index in [9.17, 15) is 4.79 Å². The fourth-order valence-electron chi connectivity index (χ4n) is 2.72. The third-order valence-corrected chi connectivity index (χ3v) is 4.69. The Hall–Kier alpha value is -2.67. The highest BCUT2D eigenvalue weighted by molar-refractivity contribution is 7.08. The number of nitrogens with zero attached hydrogens (tertiary/aromatic N) is 3. The van der Waals surface area contributed by atoms with Crippen molar-refractivity contribution in [3.63, 3.8) is 0 Å². The summed E-state index contributed by atoms with van der Waals surface area (Å²) in [4.78, 5) is 18.5. The van der Waals surface area contributed by atoms with Gasteiger partial charge in [-0.05, 0) is 36.1 Å². The van der Waals surface area contributed by atoms with E-state index >= 15 is 0 Å². The van der Waals surface area contributed by atoms with Gasteiger partial charge in [0.05, 0.1) is 11.8 Å². The molecule has 0 N–H and O–H groups in total. The summed E-state index contributed by atoms with van der Waals surface area (Å²) < 4.78 is 10.5. The van der Waals surface area contributed by atoms with Crippen LogP contribution in [0.25, 0.3) is 17.5 Å². The first kappa shape index (κ1) is 14.9. The zero-order chi connectivity index (χ0) is 16.4. The Balaban J connectivity index is 1.40. The number of hydrogen-bond acceptors (Lipinski definition) is 6. The first-order valence-electron chi connectivity index (χ1n) is 7.66. The normalized spacial score (nSPS) is 17.8. The van der Waals surface area contributed by atoms with Crippen LogP contribution in [-0.2, 0) is 4.79 Å². The number of aromatic nitrogens is 2. The van der Waals surface area contributed by atoms with Gasteiger partial charge in [-0.3, -0.25) is 4.79 Å². The largest absolute Gasteiger partial charge is 0.465 e. The summed E-state index contributed by atoms with van der Waals surface area (Å²) >= 11 is 1.59. The van der Waals surface area contributed by atoms with Crippen molar-refractivity contribution < 1.29 is 13.7 Å². The standard InChI is InChI=1S/C17H15N3O3S/c21-15(4-3-14-2-1-8-22-14)20-7-5-12(10-20)16-18-17(23-19-16)13-6-9-24-11-13/h1-4,6,8-9,11-12H,5,7,10H2/b4-3+. The average molecular weight is 341 g/mol. The lowest BCUT2D eigenvalue weighted by atomic mass is 10.1. The minimum Gasteiger partial charge on any atom is -0.465 e. The summed E-state index contributed by atoms with van der Waals surface area (Å²) in [7, 11) is 0. The SMILES string of the molecule is O=C(/C=C/c1ccco1)N1CCC(c2noc(-c3ccsc3)n2)C1. The lowest BCUT2D eigenvalue weighted by molar-refractivity contribution is -0.125. The average Bonchev–Trinajstić information content (AvgIpc) is 3.40. The molecule has 3 aromatic rings. The van der Waals surface area contributed by atoms with Crippen LogP contribution in [0.4, 0.5) is 0 Å². The fourth-order valence-corrected chi connectivity index (χ4v) is 3.35. The number of likely N-dealkylation sites (tertiary alicyclic amines) is 1. The Labute approximate surface area is 142 Å². The second-order valence-corrected chi connectivity index (χ2v) is 6.37. The van der Waals surface area contributed by atoms with Crippen molar-refractivity contribution in [2.24, 2.45) is 0 Å². The lowest BCUT2D eigenvalue weighted by Crippen LogP contribution is -2.26. The Morgan fingerprint density at radius 3 is 3.17 bits per heavy atom. The van der Waals surface area contributed by atoms with Gasteiger partial charge in [-0.1, -0.05) is 5.16 Å². The molecule has 1 unspecified atom stereocenters. The number of rotatable bonds is 4. The van der Waals surface area contributed by atoms with Crippen LogP contribution in [0.3, 0.4) is 0 Å². The molecule has 1 atom stereocenters. The summed E-state index contributed by atoms with van der Waals surface area (Å²) in [6.45, 7) is 1.29. The molecule has 0 aliphatic carbocycles. The van der Waals surface area contributed by atoms with Crippen LogP contribution in [0, 0.1) is 0 Å². The molecule has 1 aliphatic heterocycles. The quantitative estimate of drug-likeness (QED) is 0.680. The number of hydrogen-bond donors (Lipinski definition) is 0. The Bertz CT molecular complexity index is 836. The maximum Gasteiger partial charge on any atom is 0.258 e. The highest BCUT2D eigenvalue weighted by atomic mass is 32.1. The summed E-state index contributed by atoms with van der Waals surface area (Å²) in [6, 6.07) is 5.55. The van der Waals surface area contributed by atoms with E-state index in [1.165, 1.54) is 6.08 Å². The van der Waals surface area contributed by atoms with Crippen molar-refractivity contribution in [1.82, 2.24) is 15.0 Å². The van der Waals surface area contributed by atoms with Crippen molar-refractivity contribution >= 4 is 23.3 Å². The van der Waals surface area contributed by atoms with Crippen LogP contribution in [0.15, 0.2) is 50.2 Å². The smallest absolute Gasteiger partial charge is 0.258 e. The second-order valence-electron chi connectivity index (χ2n) is 5.59. The molecule has 0 radical (unpaired) electrons. The van der Waals surface area contributed by atoms with Crippen molar-refractivity contribution in [3.8, 4) is 11.5 Å². The molecule has 7 heteroatoms. The maximum absolute atomic E-state index is 12.2. The predicted molar refractivity (Wildman–Crippen MR) is 89.3 cm³/mol. The van der Waals surface area contributed by atoms with E-state index in [0.29, 0.717) is 30.6 Å². The highest BCUT2D eigenvalue weighted by Gasteiger charge is 2.29. The summed E-state index contributed by atoms with van der Waals surface area (Å²) in [5.41, 5.74) is 0.936. The van der Waals surface area contributed by atoms with E-state index in [2.05, 4.69) is 10.1 Å². The van der Waals surface area contributed by atoms with Crippen molar-refractivity contribution in [1.29, 1.82) is 0 Å². The first-order chi connectivity index (χ1) is 11.8. The zero-order valence-electron chi connectivity index (χ0n) is 12.8. The number of carbonyl (C=O) groups is 1. The molecule has 3 aromatic heterocycles. The third kappa shape index (κ3) is 3.03. The van der Waals surface area contributed by atoms with Crippen LogP contribution < -0.4 is 0 Å².